The summed E-state index contributed by atoms with van der Waals surface area (Å²) in [4.78, 5) is 7.13. The molecule has 1 aromatic carbocycles. The molecule has 0 radical (unpaired) electrons. The van der Waals surface area contributed by atoms with Gasteiger partial charge >= 0.3 is 0 Å². The minimum absolute atomic E-state index is 0.176. The molecule has 1 fully saturated rings. The fourth-order valence-corrected chi connectivity index (χ4v) is 2.81. The van der Waals surface area contributed by atoms with Crippen molar-refractivity contribution in [1.29, 1.82) is 0 Å². The number of phenolic OH excluding ortho intramolecular Hbond substituents is 1. The number of methoxy groups -OCH3 is 1. The number of ether oxygens (including phenoxy) is 1. The van der Waals surface area contributed by atoms with Crippen LogP contribution in [-0.2, 0) is 6.42 Å². The Morgan fingerprint density at radius 1 is 1.39 bits per heavy atom. The lowest BCUT2D eigenvalue weighted by atomic mass is 10.00. The van der Waals surface area contributed by atoms with Gasteiger partial charge in [0.05, 0.1) is 7.11 Å². The van der Waals surface area contributed by atoms with Gasteiger partial charge in [-0.25, -0.2) is 0 Å². The number of hydrogen-bond acceptors (Lipinski definition) is 3. The lowest BCUT2D eigenvalue weighted by Crippen LogP contribution is -2.45. The van der Waals surface area contributed by atoms with Crippen molar-refractivity contribution in [3.8, 4) is 11.5 Å². The van der Waals surface area contributed by atoms with E-state index in [9.17, 15) is 5.11 Å². The molecular weight excluding hydrogens is 290 g/mol. The Bertz CT molecular complexity index is 523. The van der Waals surface area contributed by atoms with Gasteiger partial charge in [0.25, 0.3) is 0 Å². The lowest BCUT2D eigenvalue weighted by Gasteiger charge is -2.33. The molecule has 1 aromatic rings. The van der Waals surface area contributed by atoms with Crippen LogP contribution in [0.4, 0.5) is 0 Å². The van der Waals surface area contributed by atoms with Gasteiger partial charge in [-0.15, -0.1) is 0 Å². The number of aliphatic imine (C=N–C) groups is 1. The van der Waals surface area contributed by atoms with Crippen molar-refractivity contribution in [3.63, 3.8) is 0 Å². The molecular formula is C18H29N3O2. The number of piperidine rings is 1. The molecule has 0 aromatic heterocycles. The molecule has 1 saturated heterocycles. The highest BCUT2D eigenvalue weighted by Gasteiger charge is 2.18. The SMILES string of the molecule is CCNC(=NCCc1ccc(O)c(OC)c1)N1CCC(C)CC1. The highest BCUT2D eigenvalue weighted by atomic mass is 16.5. The Morgan fingerprint density at radius 3 is 2.78 bits per heavy atom. The third kappa shape index (κ3) is 5.05. The average molecular weight is 319 g/mol. The predicted molar refractivity (Wildman–Crippen MR) is 94.3 cm³/mol. The summed E-state index contributed by atoms with van der Waals surface area (Å²) in [5.41, 5.74) is 1.12. The molecule has 0 saturated carbocycles. The van der Waals surface area contributed by atoms with Gasteiger partial charge in [-0.05, 0) is 49.8 Å². The Labute approximate surface area is 139 Å². The molecule has 0 amide bonds. The summed E-state index contributed by atoms with van der Waals surface area (Å²) in [5.74, 6) is 2.53. The van der Waals surface area contributed by atoms with Crippen molar-refractivity contribution in [1.82, 2.24) is 10.2 Å². The number of nitrogens with one attached hydrogen (secondary N) is 1. The topological polar surface area (TPSA) is 57.1 Å². The van der Waals surface area contributed by atoms with Crippen LogP contribution in [0, 0.1) is 5.92 Å². The van der Waals surface area contributed by atoms with Crippen LogP contribution in [0.15, 0.2) is 23.2 Å². The largest absolute Gasteiger partial charge is 0.504 e. The maximum Gasteiger partial charge on any atom is 0.193 e. The van der Waals surface area contributed by atoms with E-state index in [-0.39, 0.29) is 5.75 Å². The van der Waals surface area contributed by atoms with Crippen LogP contribution in [0.5, 0.6) is 11.5 Å². The Kier molecular flexibility index (Phi) is 6.56. The standard InChI is InChI=1S/C18H29N3O2/c1-4-19-18(21-11-8-14(2)9-12-21)20-10-7-15-5-6-16(22)17(13-15)23-3/h5-6,13-14,22H,4,7-12H2,1-3H3,(H,19,20). The third-order valence-corrected chi connectivity index (χ3v) is 4.32. The van der Waals surface area contributed by atoms with Gasteiger partial charge in [0.1, 0.15) is 0 Å². The summed E-state index contributed by atoms with van der Waals surface area (Å²) in [6, 6.07) is 5.47. The van der Waals surface area contributed by atoms with Crippen molar-refractivity contribution in [2.75, 3.05) is 33.3 Å². The Balaban J connectivity index is 1.95. The molecule has 0 spiro atoms. The molecule has 1 aliphatic heterocycles. The maximum atomic E-state index is 9.64. The zero-order valence-corrected chi connectivity index (χ0v) is 14.5. The highest BCUT2D eigenvalue weighted by molar-refractivity contribution is 5.80. The van der Waals surface area contributed by atoms with Gasteiger partial charge in [-0.1, -0.05) is 13.0 Å². The number of phenols is 1. The number of aromatic hydroxyl groups is 1. The third-order valence-electron chi connectivity index (χ3n) is 4.32. The van der Waals surface area contributed by atoms with Gasteiger partial charge in [-0.2, -0.15) is 0 Å². The second-order valence-corrected chi connectivity index (χ2v) is 6.16. The molecule has 1 heterocycles. The van der Waals surface area contributed by atoms with Gasteiger partial charge < -0.3 is 20.1 Å². The number of likely N-dealkylation sites (tertiary alicyclic amines) is 1. The highest BCUT2D eigenvalue weighted by Crippen LogP contribution is 2.26. The van der Waals surface area contributed by atoms with Crippen molar-refractivity contribution >= 4 is 5.96 Å². The van der Waals surface area contributed by atoms with E-state index in [0.29, 0.717) is 5.75 Å². The molecule has 5 heteroatoms. The zero-order chi connectivity index (χ0) is 16.7. The first-order valence-electron chi connectivity index (χ1n) is 8.53. The molecule has 0 unspecified atom stereocenters. The van der Waals surface area contributed by atoms with Crippen LogP contribution in [0.2, 0.25) is 0 Å². The van der Waals surface area contributed by atoms with Crippen LogP contribution in [0.1, 0.15) is 32.3 Å². The van der Waals surface area contributed by atoms with Crippen molar-refractivity contribution < 1.29 is 9.84 Å². The molecule has 2 rings (SSSR count). The molecule has 5 nitrogen and oxygen atoms in total. The second kappa shape index (κ2) is 8.65. The van der Waals surface area contributed by atoms with E-state index in [1.165, 1.54) is 12.8 Å². The van der Waals surface area contributed by atoms with E-state index >= 15 is 0 Å². The summed E-state index contributed by atoms with van der Waals surface area (Å²) in [6.45, 7) is 8.20. The van der Waals surface area contributed by atoms with E-state index < -0.39 is 0 Å². The number of benzene rings is 1. The summed E-state index contributed by atoms with van der Waals surface area (Å²) >= 11 is 0. The van der Waals surface area contributed by atoms with Crippen LogP contribution in [-0.4, -0.2) is 49.3 Å². The van der Waals surface area contributed by atoms with Gasteiger partial charge in [0, 0.05) is 26.2 Å². The number of nitrogens with zero attached hydrogens (tertiary/aromatic N) is 2. The van der Waals surface area contributed by atoms with E-state index in [4.69, 9.17) is 9.73 Å². The number of hydrogen-bond donors (Lipinski definition) is 2. The average Bonchev–Trinajstić information content (AvgIpc) is 2.56. The monoisotopic (exact) mass is 319 g/mol. The number of rotatable bonds is 5. The summed E-state index contributed by atoms with van der Waals surface area (Å²) in [7, 11) is 1.57. The fraction of sp³-hybridized carbons (Fsp3) is 0.611. The van der Waals surface area contributed by atoms with E-state index in [2.05, 4.69) is 24.1 Å². The van der Waals surface area contributed by atoms with E-state index in [1.807, 2.05) is 12.1 Å². The second-order valence-electron chi connectivity index (χ2n) is 6.16. The first-order valence-corrected chi connectivity index (χ1v) is 8.53. The molecule has 0 bridgehead atoms. The van der Waals surface area contributed by atoms with Crippen molar-refractivity contribution in [2.24, 2.45) is 10.9 Å². The zero-order valence-electron chi connectivity index (χ0n) is 14.5. The normalized spacial score (nSPS) is 16.5. The van der Waals surface area contributed by atoms with Gasteiger partial charge in [0.15, 0.2) is 17.5 Å². The predicted octanol–water partition coefficient (Wildman–Crippen LogP) is 2.64. The minimum atomic E-state index is 0.176. The smallest absolute Gasteiger partial charge is 0.193 e. The molecule has 23 heavy (non-hydrogen) atoms. The molecule has 2 N–H and O–H groups in total. The van der Waals surface area contributed by atoms with E-state index in [1.54, 1.807) is 13.2 Å². The number of guanidine groups is 1. The Hall–Kier alpha value is -1.91. The molecule has 0 aliphatic carbocycles. The maximum absolute atomic E-state index is 9.64. The quantitative estimate of drug-likeness (QED) is 0.647. The van der Waals surface area contributed by atoms with Crippen LogP contribution < -0.4 is 10.1 Å². The minimum Gasteiger partial charge on any atom is -0.504 e. The lowest BCUT2D eigenvalue weighted by molar-refractivity contribution is 0.273. The van der Waals surface area contributed by atoms with Gasteiger partial charge in [-0.3, -0.25) is 4.99 Å². The fourth-order valence-electron chi connectivity index (χ4n) is 2.81. The summed E-state index contributed by atoms with van der Waals surface area (Å²) in [5, 5.41) is 13.0. The molecule has 128 valence electrons. The Morgan fingerprint density at radius 2 is 2.13 bits per heavy atom. The molecule has 1 aliphatic rings. The molecule has 0 atom stereocenters. The van der Waals surface area contributed by atoms with Crippen molar-refractivity contribution in [3.05, 3.63) is 23.8 Å². The first-order chi connectivity index (χ1) is 11.1. The van der Waals surface area contributed by atoms with Crippen LogP contribution in [0.3, 0.4) is 0 Å². The van der Waals surface area contributed by atoms with Gasteiger partial charge in [0.2, 0.25) is 0 Å². The van der Waals surface area contributed by atoms with Crippen molar-refractivity contribution in [2.45, 2.75) is 33.1 Å². The van der Waals surface area contributed by atoms with Crippen LogP contribution >= 0.6 is 0 Å². The first kappa shape index (κ1) is 17.4. The summed E-state index contributed by atoms with van der Waals surface area (Å²) in [6.07, 6.45) is 3.30. The van der Waals surface area contributed by atoms with E-state index in [0.717, 1.165) is 50.0 Å². The van der Waals surface area contributed by atoms with Crippen LogP contribution in [0.25, 0.3) is 0 Å². The summed E-state index contributed by atoms with van der Waals surface area (Å²) < 4.78 is 5.15.